The lowest BCUT2D eigenvalue weighted by atomic mass is 10.0. The first-order chi connectivity index (χ1) is 12.6. The summed E-state index contributed by atoms with van der Waals surface area (Å²) >= 11 is 6.03. The van der Waals surface area contributed by atoms with E-state index in [0.29, 0.717) is 17.5 Å². The molecule has 0 aliphatic carbocycles. The third kappa shape index (κ3) is 5.75. The molecule has 1 aliphatic heterocycles. The molecule has 1 unspecified atom stereocenters. The van der Waals surface area contributed by atoms with Gasteiger partial charge >= 0.3 is 0 Å². The van der Waals surface area contributed by atoms with Gasteiger partial charge in [0.25, 0.3) is 0 Å². The molecule has 1 aromatic heterocycles. The number of nitrogens with zero attached hydrogens (tertiary/aromatic N) is 4. The first-order valence-corrected chi connectivity index (χ1v) is 9.22. The summed E-state index contributed by atoms with van der Waals surface area (Å²) in [5.74, 6) is 2.34. The molecule has 1 atom stereocenters. The molecule has 1 saturated heterocycles. The van der Waals surface area contributed by atoms with Crippen molar-refractivity contribution in [2.75, 3.05) is 27.2 Å². The molecule has 148 valence electrons. The highest BCUT2D eigenvalue weighted by Crippen LogP contribution is 2.24. The zero-order valence-corrected chi connectivity index (χ0v) is 19.1. The predicted molar refractivity (Wildman–Crippen MR) is 120 cm³/mol. The number of aromatic nitrogens is 2. The largest absolute Gasteiger partial charge is 0.496 e. The molecule has 0 spiro atoms. The van der Waals surface area contributed by atoms with Crippen molar-refractivity contribution in [2.45, 2.75) is 19.4 Å². The van der Waals surface area contributed by atoms with Crippen molar-refractivity contribution in [3.8, 4) is 5.75 Å². The van der Waals surface area contributed by atoms with E-state index in [1.165, 1.54) is 12.0 Å². The van der Waals surface area contributed by atoms with E-state index in [-0.39, 0.29) is 24.0 Å². The van der Waals surface area contributed by atoms with E-state index in [4.69, 9.17) is 16.3 Å². The molecule has 2 heterocycles. The van der Waals surface area contributed by atoms with Gasteiger partial charge in [-0.3, -0.25) is 9.67 Å². The van der Waals surface area contributed by atoms with Gasteiger partial charge in [0.15, 0.2) is 5.96 Å². The minimum absolute atomic E-state index is 0. The summed E-state index contributed by atoms with van der Waals surface area (Å²) < 4.78 is 7.28. The Morgan fingerprint density at radius 2 is 2.26 bits per heavy atom. The molecule has 1 fully saturated rings. The summed E-state index contributed by atoms with van der Waals surface area (Å²) in [6.07, 6.45) is 6.29. The van der Waals surface area contributed by atoms with Crippen LogP contribution in [0.25, 0.3) is 0 Å². The number of aryl methyl sites for hydroxylation is 1. The normalized spacial score (nSPS) is 17.0. The van der Waals surface area contributed by atoms with Crippen LogP contribution >= 0.6 is 35.6 Å². The molecule has 0 radical (unpaired) electrons. The van der Waals surface area contributed by atoms with E-state index in [1.807, 2.05) is 43.2 Å². The summed E-state index contributed by atoms with van der Waals surface area (Å²) in [5, 5.41) is 8.38. The molecule has 1 aromatic carbocycles. The highest BCUT2D eigenvalue weighted by molar-refractivity contribution is 14.0. The highest BCUT2D eigenvalue weighted by Gasteiger charge is 2.25. The van der Waals surface area contributed by atoms with Gasteiger partial charge < -0.3 is 15.0 Å². The standard InChI is InChI=1S/C19H26ClN5O.HI/c1-21-19(22-11-16-4-5-17(20)9-18(16)26-3)25-7-6-14(13-25)8-15-10-23-24(2)12-15;/h4-5,9-10,12,14H,6-8,11,13H2,1-3H3,(H,21,22);1H. The van der Waals surface area contributed by atoms with Crippen LogP contribution in [-0.2, 0) is 20.0 Å². The number of hydrogen-bond acceptors (Lipinski definition) is 3. The van der Waals surface area contributed by atoms with E-state index >= 15 is 0 Å². The van der Waals surface area contributed by atoms with E-state index in [1.54, 1.807) is 7.11 Å². The molecule has 1 aliphatic rings. The molecule has 0 saturated carbocycles. The van der Waals surface area contributed by atoms with Crippen molar-refractivity contribution >= 4 is 41.5 Å². The zero-order chi connectivity index (χ0) is 18.5. The Kier molecular flexibility index (Phi) is 8.22. The lowest BCUT2D eigenvalue weighted by Crippen LogP contribution is -2.39. The molecule has 6 nitrogen and oxygen atoms in total. The second kappa shape index (κ2) is 10.2. The van der Waals surface area contributed by atoms with Crippen molar-refractivity contribution in [1.82, 2.24) is 20.0 Å². The fraction of sp³-hybridized carbons (Fsp3) is 0.474. The van der Waals surface area contributed by atoms with E-state index in [2.05, 4.69) is 26.5 Å². The fourth-order valence-electron chi connectivity index (χ4n) is 3.47. The smallest absolute Gasteiger partial charge is 0.193 e. The number of methoxy groups -OCH3 is 1. The van der Waals surface area contributed by atoms with Crippen molar-refractivity contribution < 1.29 is 4.74 Å². The molecule has 0 amide bonds. The molecule has 8 heteroatoms. The van der Waals surface area contributed by atoms with Crippen LogP contribution in [0.1, 0.15) is 17.5 Å². The summed E-state index contributed by atoms with van der Waals surface area (Å²) in [4.78, 5) is 6.77. The summed E-state index contributed by atoms with van der Waals surface area (Å²) in [7, 11) is 5.45. The topological polar surface area (TPSA) is 54.7 Å². The first kappa shape index (κ1) is 21.8. The fourth-order valence-corrected chi connectivity index (χ4v) is 3.64. The van der Waals surface area contributed by atoms with Gasteiger partial charge in [-0.2, -0.15) is 5.10 Å². The molecule has 27 heavy (non-hydrogen) atoms. The zero-order valence-electron chi connectivity index (χ0n) is 16.0. The van der Waals surface area contributed by atoms with E-state index < -0.39 is 0 Å². The van der Waals surface area contributed by atoms with Gasteiger partial charge in [-0.15, -0.1) is 24.0 Å². The lowest BCUT2D eigenvalue weighted by Gasteiger charge is -2.22. The maximum Gasteiger partial charge on any atom is 0.193 e. The Bertz CT molecular complexity index is 779. The first-order valence-electron chi connectivity index (χ1n) is 8.84. The van der Waals surface area contributed by atoms with E-state index in [0.717, 1.165) is 36.8 Å². The number of benzene rings is 1. The SMILES string of the molecule is CN=C(NCc1ccc(Cl)cc1OC)N1CCC(Cc2cnn(C)c2)C1.I. The van der Waals surface area contributed by atoms with Gasteiger partial charge in [-0.1, -0.05) is 17.7 Å². The Morgan fingerprint density at radius 1 is 1.44 bits per heavy atom. The number of ether oxygens (including phenoxy) is 1. The second-order valence-electron chi connectivity index (χ2n) is 6.68. The van der Waals surface area contributed by atoms with Gasteiger partial charge in [0, 0.05) is 50.5 Å². The van der Waals surface area contributed by atoms with Crippen LogP contribution in [-0.4, -0.2) is 47.9 Å². The minimum atomic E-state index is 0. The number of aliphatic imine (C=N–C) groups is 1. The molecular formula is C19H27ClIN5O. The lowest BCUT2D eigenvalue weighted by molar-refractivity contribution is 0.408. The monoisotopic (exact) mass is 503 g/mol. The Hall–Kier alpha value is -1.48. The minimum Gasteiger partial charge on any atom is -0.496 e. The van der Waals surface area contributed by atoms with Crippen LogP contribution in [0.5, 0.6) is 5.75 Å². The van der Waals surface area contributed by atoms with Crippen LogP contribution in [0.2, 0.25) is 5.02 Å². The maximum absolute atomic E-state index is 6.03. The number of hydrogen-bond donors (Lipinski definition) is 1. The predicted octanol–water partition coefficient (Wildman–Crippen LogP) is 3.34. The summed E-state index contributed by atoms with van der Waals surface area (Å²) in [5.41, 5.74) is 2.36. The number of nitrogens with one attached hydrogen (secondary N) is 1. The quantitative estimate of drug-likeness (QED) is 0.386. The number of halogens is 2. The number of likely N-dealkylation sites (tertiary alicyclic amines) is 1. The van der Waals surface area contributed by atoms with Gasteiger partial charge in [-0.25, -0.2) is 0 Å². The van der Waals surface area contributed by atoms with Gasteiger partial charge in [0.05, 0.1) is 13.3 Å². The Balaban J connectivity index is 0.00000261. The second-order valence-corrected chi connectivity index (χ2v) is 7.12. The Morgan fingerprint density at radius 3 is 2.93 bits per heavy atom. The van der Waals surface area contributed by atoms with E-state index in [9.17, 15) is 0 Å². The van der Waals surface area contributed by atoms with Crippen LogP contribution in [0.4, 0.5) is 0 Å². The third-order valence-electron chi connectivity index (χ3n) is 4.77. The van der Waals surface area contributed by atoms with Crippen LogP contribution < -0.4 is 10.1 Å². The van der Waals surface area contributed by atoms with Gasteiger partial charge in [0.1, 0.15) is 5.75 Å². The molecule has 0 bridgehead atoms. The summed E-state index contributed by atoms with van der Waals surface area (Å²) in [6, 6.07) is 5.70. The van der Waals surface area contributed by atoms with Crippen molar-refractivity contribution in [2.24, 2.45) is 18.0 Å². The molecular weight excluding hydrogens is 477 g/mol. The maximum atomic E-state index is 6.03. The third-order valence-corrected chi connectivity index (χ3v) is 5.00. The molecule has 3 rings (SSSR count). The van der Waals surface area contributed by atoms with Gasteiger partial charge in [-0.05, 0) is 36.5 Å². The molecule has 2 aromatic rings. The van der Waals surface area contributed by atoms with Gasteiger partial charge in [0.2, 0.25) is 0 Å². The average molecular weight is 504 g/mol. The van der Waals surface area contributed by atoms with Crippen LogP contribution in [0.15, 0.2) is 35.6 Å². The Labute approximate surface area is 183 Å². The number of rotatable bonds is 5. The number of guanidine groups is 1. The van der Waals surface area contributed by atoms with Crippen molar-refractivity contribution in [3.05, 3.63) is 46.7 Å². The van der Waals surface area contributed by atoms with Crippen molar-refractivity contribution in [3.63, 3.8) is 0 Å². The summed E-state index contributed by atoms with van der Waals surface area (Å²) in [6.45, 7) is 2.67. The van der Waals surface area contributed by atoms with Crippen LogP contribution in [0, 0.1) is 5.92 Å². The highest BCUT2D eigenvalue weighted by atomic mass is 127. The van der Waals surface area contributed by atoms with Crippen LogP contribution in [0.3, 0.4) is 0 Å². The van der Waals surface area contributed by atoms with Crippen molar-refractivity contribution in [1.29, 1.82) is 0 Å². The average Bonchev–Trinajstić information content (AvgIpc) is 3.26. The molecule has 1 N–H and O–H groups in total.